The first-order valence-corrected chi connectivity index (χ1v) is 5.37. The van der Waals surface area contributed by atoms with E-state index in [2.05, 4.69) is 5.32 Å². The number of carbonyl (C=O) groups excluding carboxylic acids is 1. The number of rotatable bonds is 1. The molecule has 2 N–H and O–H groups in total. The number of carbonyl (C=O) groups is 1. The lowest BCUT2D eigenvalue weighted by molar-refractivity contribution is 0.0963. The molecule has 86 valence electrons. The van der Waals surface area contributed by atoms with Gasteiger partial charge in [-0.05, 0) is 23.2 Å². The molecule has 1 aliphatic rings. The van der Waals surface area contributed by atoms with Crippen molar-refractivity contribution in [1.29, 1.82) is 0 Å². The van der Waals surface area contributed by atoms with Crippen LogP contribution in [0.25, 0.3) is 0 Å². The predicted octanol–water partition coefficient (Wildman–Crippen LogP) is 0.290. The van der Waals surface area contributed by atoms with Crippen LogP contribution in [-0.2, 0) is 11.3 Å². The number of benzene rings is 1. The summed E-state index contributed by atoms with van der Waals surface area (Å²) in [5.41, 5.74) is 2.16. The van der Waals surface area contributed by atoms with Gasteiger partial charge < -0.3 is 15.0 Å². The van der Waals surface area contributed by atoms with Gasteiger partial charge in [0.1, 0.15) is 0 Å². The normalized spacial score (nSPS) is 12.6. The highest BCUT2D eigenvalue weighted by Crippen LogP contribution is 2.11. The van der Waals surface area contributed by atoms with Crippen LogP contribution in [0.15, 0.2) is 18.2 Å². The van der Waals surface area contributed by atoms with Crippen molar-refractivity contribution in [2.75, 3.05) is 7.05 Å². The molecule has 0 unspecified atom stereocenters. The minimum Gasteiger partial charge on any atom is -0.423 e. The van der Waals surface area contributed by atoms with E-state index in [1.54, 1.807) is 25.2 Å². The highest BCUT2D eigenvalue weighted by Gasteiger charge is 2.27. The van der Waals surface area contributed by atoms with E-state index in [1.807, 2.05) is 13.8 Å². The summed E-state index contributed by atoms with van der Waals surface area (Å²) >= 11 is 0. The van der Waals surface area contributed by atoms with E-state index >= 15 is 0 Å². The Morgan fingerprint density at radius 1 is 1.50 bits per heavy atom. The molecular weight excluding hydrogens is 205 g/mol. The third-order valence-electron chi connectivity index (χ3n) is 2.30. The van der Waals surface area contributed by atoms with Crippen molar-refractivity contribution in [1.82, 2.24) is 5.32 Å². The van der Waals surface area contributed by atoms with Crippen molar-refractivity contribution in [3.63, 3.8) is 0 Å². The van der Waals surface area contributed by atoms with Gasteiger partial charge in [-0.25, -0.2) is 0 Å². The Bertz CT molecular complexity index is 381. The summed E-state index contributed by atoms with van der Waals surface area (Å²) in [6, 6.07) is 5.18. The molecule has 5 heteroatoms. The van der Waals surface area contributed by atoms with Crippen LogP contribution >= 0.6 is 0 Å². The molecule has 4 nitrogen and oxygen atoms in total. The molecule has 0 fully saturated rings. The predicted molar refractivity (Wildman–Crippen MR) is 63.6 cm³/mol. The maximum atomic E-state index is 11.3. The fourth-order valence-corrected chi connectivity index (χ4v) is 1.50. The fraction of sp³-hybridized carbons (Fsp3) is 0.364. The van der Waals surface area contributed by atoms with E-state index < -0.39 is 7.12 Å². The van der Waals surface area contributed by atoms with E-state index in [9.17, 15) is 9.82 Å². The summed E-state index contributed by atoms with van der Waals surface area (Å²) in [6.45, 7) is 4.41. The topological polar surface area (TPSA) is 58.6 Å². The second-order valence-corrected chi connectivity index (χ2v) is 3.16. The quantitative estimate of drug-likeness (QED) is 0.670. The van der Waals surface area contributed by atoms with Gasteiger partial charge in [-0.2, -0.15) is 0 Å². The van der Waals surface area contributed by atoms with E-state index in [0.717, 1.165) is 5.56 Å². The third-order valence-corrected chi connectivity index (χ3v) is 2.30. The van der Waals surface area contributed by atoms with E-state index in [-0.39, 0.29) is 5.91 Å². The first-order valence-electron chi connectivity index (χ1n) is 5.37. The minimum atomic E-state index is -0.894. The van der Waals surface area contributed by atoms with Gasteiger partial charge >= 0.3 is 7.12 Å². The second kappa shape index (κ2) is 5.68. The lowest BCUT2D eigenvalue weighted by atomic mass is 9.79. The SMILES string of the molecule is CC.CNC(=O)c1ccc2c(c1)B(O)OC2. The number of fused-ring (bicyclic) bond motifs is 1. The van der Waals surface area contributed by atoms with E-state index in [0.29, 0.717) is 17.6 Å². The summed E-state index contributed by atoms with van der Waals surface area (Å²) < 4.78 is 5.02. The second-order valence-electron chi connectivity index (χ2n) is 3.16. The van der Waals surface area contributed by atoms with Crippen molar-refractivity contribution in [3.8, 4) is 0 Å². The zero-order valence-electron chi connectivity index (χ0n) is 9.78. The molecule has 0 aliphatic carbocycles. The highest BCUT2D eigenvalue weighted by molar-refractivity contribution is 6.61. The van der Waals surface area contributed by atoms with Crippen LogP contribution in [-0.4, -0.2) is 25.1 Å². The fourth-order valence-electron chi connectivity index (χ4n) is 1.50. The van der Waals surface area contributed by atoms with Crippen LogP contribution < -0.4 is 10.8 Å². The van der Waals surface area contributed by atoms with Gasteiger partial charge in [-0.1, -0.05) is 19.9 Å². The Morgan fingerprint density at radius 2 is 2.19 bits per heavy atom. The Morgan fingerprint density at radius 3 is 2.81 bits per heavy atom. The molecule has 1 amide bonds. The average molecular weight is 221 g/mol. The molecule has 0 spiro atoms. The molecule has 0 atom stereocenters. The molecule has 1 aliphatic heterocycles. The first-order chi connectivity index (χ1) is 7.72. The van der Waals surface area contributed by atoms with Crippen LogP contribution in [0.3, 0.4) is 0 Å². The molecule has 0 radical (unpaired) electrons. The zero-order valence-corrected chi connectivity index (χ0v) is 9.78. The molecule has 1 aromatic carbocycles. The monoisotopic (exact) mass is 221 g/mol. The molecule has 0 saturated carbocycles. The summed E-state index contributed by atoms with van der Waals surface area (Å²) in [7, 11) is 0.678. The Labute approximate surface area is 95.8 Å². The number of hydrogen-bond acceptors (Lipinski definition) is 3. The van der Waals surface area contributed by atoms with Gasteiger partial charge in [0.05, 0.1) is 6.61 Å². The molecule has 16 heavy (non-hydrogen) atoms. The van der Waals surface area contributed by atoms with Crippen molar-refractivity contribution in [3.05, 3.63) is 29.3 Å². The van der Waals surface area contributed by atoms with Gasteiger partial charge in [-0.15, -0.1) is 0 Å². The van der Waals surface area contributed by atoms with Gasteiger partial charge in [0, 0.05) is 12.6 Å². The minimum absolute atomic E-state index is 0.160. The Kier molecular flexibility index (Phi) is 4.52. The molecule has 1 aromatic rings. The van der Waals surface area contributed by atoms with Gasteiger partial charge in [-0.3, -0.25) is 4.79 Å². The standard InChI is InChI=1S/C9H10BNO3.C2H6/c1-11-9(12)6-2-3-7-5-14-10(13)8(7)4-6;1-2/h2-4,13H,5H2,1H3,(H,11,12);1-2H3. The maximum absolute atomic E-state index is 11.3. The number of amides is 1. The molecule has 2 rings (SSSR count). The van der Waals surface area contributed by atoms with E-state index in [1.165, 1.54) is 0 Å². The molecule has 1 heterocycles. The molecule has 0 saturated heterocycles. The van der Waals surface area contributed by atoms with Crippen LogP contribution in [0.5, 0.6) is 0 Å². The third kappa shape index (κ3) is 2.43. The summed E-state index contributed by atoms with van der Waals surface area (Å²) in [4.78, 5) is 11.3. The summed E-state index contributed by atoms with van der Waals surface area (Å²) in [5.74, 6) is -0.160. The molecule has 0 bridgehead atoms. The lowest BCUT2D eigenvalue weighted by Gasteiger charge is -2.02. The van der Waals surface area contributed by atoms with E-state index in [4.69, 9.17) is 4.65 Å². The average Bonchev–Trinajstić information content (AvgIpc) is 2.72. The van der Waals surface area contributed by atoms with Gasteiger partial charge in [0.2, 0.25) is 0 Å². The van der Waals surface area contributed by atoms with Crippen LogP contribution in [0.4, 0.5) is 0 Å². The highest BCUT2D eigenvalue weighted by atomic mass is 16.5. The zero-order chi connectivity index (χ0) is 12.1. The number of nitrogens with one attached hydrogen (secondary N) is 1. The lowest BCUT2D eigenvalue weighted by Crippen LogP contribution is -2.29. The Hall–Kier alpha value is -1.33. The van der Waals surface area contributed by atoms with Crippen molar-refractivity contribution >= 4 is 18.5 Å². The number of hydrogen-bond donors (Lipinski definition) is 2. The van der Waals surface area contributed by atoms with Crippen LogP contribution in [0, 0.1) is 0 Å². The molecular formula is C11H16BNO3. The van der Waals surface area contributed by atoms with Gasteiger partial charge in [0.15, 0.2) is 0 Å². The van der Waals surface area contributed by atoms with Crippen molar-refractivity contribution < 1.29 is 14.5 Å². The first kappa shape index (κ1) is 12.7. The van der Waals surface area contributed by atoms with Crippen molar-refractivity contribution in [2.24, 2.45) is 0 Å². The van der Waals surface area contributed by atoms with Gasteiger partial charge in [0.25, 0.3) is 5.91 Å². The largest absolute Gasteiger partial charge is 0.491 e. The van der Waals surface area contributed by atoms with Crippen LogP contribution in [0.2, 0.25) is 0 Å². The maximum Gasteiger partial charge on any atom is 0.491 e. The summed E-state index contributed by atoms with van der Waals surface area (Å²) in [5, 5.41) is 11.9. The summed E-state index contributed by atoms with van der Waals surface area (Å²) in [6.07, 6.45) is 0. The van der Waals surface area contributed by atoms with Crippen molar-refractivity contribution in [2.45, 2.75) is 20.5 Å². The smallest absolute Gasteiger partial charge is 0.423 e. The molecule has 0 aromatic heterocycles. The van der Waals surface area contributed by atoms with Crippen LogP contribution in [0.1, 0.15) is 29.8 Å². The Balaban J connectivity index is 0.000000606.